The van der Waals surface area contributed by atoms with Gasteiger partial charge in [0.15, 0.2) is 0 Å². The normalized spacial score (nSPS) is 8.80. The summed E-state index contributed by atoms with van der Waals surface area (Å²) in [5.41, 5.74) is -0.0459. The summed E-state index contributed by atoms with van der Waals surface area (Å²) >= 11 is 5.45. The van der Waals surface area contributed by atoms with E-state index in [2.05, 4.69) is 10.9 Å². The molecule has 0 aliphatic carbocycles. The number of rotatable bonds is 0. The molecule has 1 N–H and O–H groups in total. The highest BCUT2D eigenvalue weighted by Gasteiger charge is 1.97. The molecule has 0 fully saturated rings. The molecular formula is C7H4ClNO. The fourth-order valence-corrected chi connectivity index (χ4v) is 0.730. The Labute approximate surface area is 62.8 Å². The van der Waals surface area contributed by atoms with Gasteiger partial charge in [-0.15, -0.1) is 6.42 Å². The van der Waals surface area contributed by atoms with E-state index >= 15 is 0 Å². The van der Waals surface area contributed by atoms with Gasteiger partial charge in [0.25, 0.3) is 0 Å². The molecule has 0 amide bonds. The predicted octanol–water partition coefficient (Wildman–Crippen LogP) is 1.01. The van der Waals surface area contributed by atoms with E-state index < -0.39 is 0 Å². The molecule has 2 nitrogen and oxygen atoms in total. The number of terminal acetylenes is 1. The lowest BCUT2D eigenvalue weighted by Gasteiger charge is -1.88. The number of nitrogens with one attached hydrogen (secondary N) is 1. The Kier molecular flexibility index (Phi) is 1.79. The highest BCUT2D eigenvalue weighted by Crippen LogP contribution is 1.97. The Hall–Kier alpha value is -1.20. The summed E-state index contributed by atoms with van der Waals surface area (Å²) < 4.78 is 0. The molecule has 0 bridgehead atoms. The number of hydrogen-bond acceptors (Lipinski definition) is 1. The van der Waals surface area contributed by atoms with Gasteiger partial charge in [0, 0.05) is 12.4 Å². The standard InChI is InChI=1S/C7H4ClNO/c1-2-5-3-9-4-6(8)7(5)10/h1,3-4H,(H,9,10). The second-order valence-corrected chi connectivity index (χ2v) is 2.10. The van der Waals surface area contributed by atoms with Crippen LogP contribution in [0.3, 0.4) is 0 Å². The van der Waals surface area contributed by atoms with E-state index in [0.717, 1.165) is 0 Å². The van der Waals surface area contributed by atoms with E-state index in [0.29, 0.717) is 0 Å². The summed E-state index contributed by atoms with van der Waals surface area (Å²) in [5.74, 6) is 2.21. The number of aromatic amines is 1. The quantitative estimate of drug-likeness (QED) is 0.555. The first-order valence-corrected chi connectivity index (χ1v) is 2.96. The zero-order chi connectivity index (χ0) is 7.56. The van der Waals surface area contributed by atoms with Crippen LogP contribution in [0.4, 0.5) is 0 Å². The van der Waals surface area contributed by atoms with Crippen LogP contribution in [0.25, 0.3) is 0 Å². The lowest BCUT2D eigenvalue weighted by Crippen LogP contribution is -2.05. The Morgan fingerprint density at radius 3 is 2.80 bits per heavy atom. The Morgan fingerprint density at radius 1 is 1.60 bits per heavy atom. The van der Waals surface area contributed by atoms with Crippen molar-refractivity contribution in [1.29, 1.82) is 0 Å². The van der Waals surface area contributed by atoms with E-state index in [9.17, 15) is 4.79 Å². The van der Waals surface area contributed by atoms with Crippen molar-refractivity contribution in [2.75, 3.05) is 0 Å². The minimum absolute atomic E-state index is 0.121. The van der Waals surface area contributed by atoms with E-state index in [1.54, 1.807) is 0 Å². The maximum absolute atomic E-state index is 10.9. The van der Waals surface area contributed by atoms with Crippen LogP contribution in [-0.2, 0) is 0 Å². The Balaban J connectivity index is 3.47. The molecule has 10 heavy (non-hydrogen) atoms. The van der Waals surface area contributed by atoms with Crippen LogP contribution < -0.4 is 5.43 Å². The van der Waals surface area contributed by atoms with Gasteiger partial charge in [0.2, 0.25) is 5.43 Å². The molecule has 1 rings (SSSR count). The maximum Gasteiger partial charge on any atom is 0.215 e. The monoisotopic (exact) mass is 153 g/mol. The summed E-state index contributed by atoms with van der Waals surface area (Å²) in [6.07, 6.45) is 7.82. The van der Waals surface area contributed by atoms with Crippen LogP contribution in [0.5, 0.6) is 0 Å². The van der Waals surface area contributed by atoms with Crippen molar-refractivity contribution in [3.8, 4) is 12.3 Å². The summed E-state index contributed by atoms with van der Waals surface area (Å²) in [6.45, 7) is 0. The SMILES string of the molecule is C#Cc1c[nH]cc(Cl)c1=O. The van der Waals surface area contributed by atoms with Gasteiger partial charge in [-0.2, -0.15) is 0 Å². The lowest BCUT2D eigenvalue weighted by molar-refractivity contribution is 1.29. The van der Waals surface area contributed by atoms with E-state index in [1.165, 1.54) is 12.4 Å². The molecule has 1 heterocycles. The van der Waals surface area contributed by atoms with Gasteiger partial charge in [0.1, 0.15) is 5.02 Å². The first-order chi connectivity index (χ1) is 4.75. The molecule has 0 aliphatic rings. The number of halogens is 1. The van der Waals surface area contributed by atoms with E-state index in [1.807, 2.05) is 0 Å². The zero-order valence-corrected chi connectivity index (χ0v) is 5.77. The van der Waals surface area contributed by atoms with Crippen LogP contribution in [0.1, 0.15) is 5.56 Å². The fourth-order valence-electron chi connectivity index (χ4n) is 0.565. The van der Waals surface area contributed by atoms with Crippen molar-refractivity contribution < 1.29 is 0 Å². The van der Waals surface area contributed by atoms with Crippen molar-refractivity contribution >= 4 is 11.6 Å². The molecule has 0 atom stereocenters. The lowest BCUT2D eigenvalue weighted by atomic mass is 10.3. The second-order valence-electron chi connectivity index (χ2n) is 1.69. The number of H-pyrrole nitrogens is 1. The summed E-state index contributed by atoms with van der Waals surface area (Å²) in [4.78, 5) is 13.6. The van der Waals surface area contributed by atoms with Gasteiger partial charge in [-0.05, 0) is 0 Å². The molecule has 50 valence electrons. The summed E-state index contributed by atoms with van der Waals surface area (Å²) in [5, 5.41) is 0.121. The minimum atomic E-state index is -0.303. The van der Waals surface area contributed by atoms with Crippen LogP contribution >= 0.6 is 11.6 Å². The molecule has 0 aromatic carbocycles. The average Bonchev–Trinajstić information content (AvgIpc) is 1.95. The van der Waals surface area contributed by atoms with Gasteiger partial charge in [0.05, 0.1) is 5.56 Å². The maximum atomic E-state index is 10.9. The van der Waals surface area contributed by atoms with Crippen molar-refractivity contribution in [3.63, 3.8) is 0 Å². The van der Waals surface area contributed by atoms with Crippen molar-refractivity contribution in [2.45, 2.75) is 0 Å². The largest absolute Gasteiger partial charge is 0.365 e. The molecule has 0 saturated heterocycles. The second kappa shape index (κ2) is 2.59. The molecule has 0 aliphatic heterocycles. The highest BCUT2D eigenvalue weighted by atomic mass is 35.5. The number of aromatic nitrogens is 1. The van der Waals surface area contributed by atoms with Gasteiger partial charge in [-0.25, -0.2) is 0 Å². The Morgan fingerprint density at radius 2 is 2.30 bits per heavy atom. The average molecular weight is 154 g/mol. The van der Waals surface area contributed by atoms with Crippen LogP contribution in [-0.4, -0.2) is 4.98 Å². The molecule has 0 unspecified atom stereocenters. The zero-order valence-electron chi connectivity index (χ0n) is 5.02. The predicted molar refractivity (Wildman–Crippen MR) is 40.0 cm³/mol. The van der Waals surface area contributed by atoms with Crippen molar-refractivity contribution in [1.82, 2.24) is 4.98 Å². The van der Waals surface area contributed by atoms with Gasteiger partial charge >= 0.3 is 0 Å². The van der Waals surface area contributed by atoms with Crippen LogP contribution in [0, 0.1) is 12.3 Å². The van der Waals surface area contributed by atoms with E-state index in [-0.39, 0.29) is 16.0 Å². The fraction of sp³-hybridized carbons (Fsp3) is 0. The van der Waals surface area contributed by atoms with Crippen molar-refractivity contribution in [3.05, 3.63) is 33.2 Å². The van der Waals surface area contributed by atoms with Gasteiger partial charge in [-0.3, -0.25) is 4.79 Å². The molecular weight excluding hydrogens is 150 g/mol. The smallest absolute Gasteiger partial charge is 0.215 e. The summed E-state index contributed by atoms with van der Waals surface area (Å²) in [6, 6.07) is 0. The number of pyridine rings is 1. The molecule has 1 aromatic heterocycles. The van der Waals surface area contributed by atoms with Gasteiger partial charge < -0.3 is 4.98 Å². The molecule has 1 aromatic rings. The molecule has 0 saturated carbocycles. The third-order valence-electron chi connectivity index (χ3n) is 1.05. The molecule has 3 heteroatoms. The van der Waals surface area contributed by atoms with Gasteiger partial charge in [-0.1, -0.05) is 17.5 Å². The minimum Gasteiger partial charge on any atom is -0.365 e. The Bertz CT molecular complexity index is 334. The third-order valence-corrected chi connectivity index (χ3v) is 1.34. The summed E-state index contributed by atoms with van der Waals surface area (Å²) in [7, 11) is 0. The highest BCUT2D eigenvalue weighted by molar-refractivity contribution is 6.30. The van der Waals surface area contributed by atoms with E-state index in [4.69, 9.17) is 18.0 Å². The van der Waals surface area contributed by atoms with Crippen LogP contribution in [0.2, 0.25) is 5.02 Å². The molecule has 0 radical (unpaired) electrons. The first kappa shape index (κ1) is 6.91. The molecule has 0 spiro atoms. The number of hydrogen-bond donors (Lipinski definition) is 1. The van der Waals surface area contributed by atoms with Crippen LogP contribution in [0.15, 0.2) is 17.2 Å². The third kappa shape index (κ3) is 1.04. The first-order valence-electron chi connectivity index (χ1n) is 2.59. The van der Waals surface area contributed by atoms with Crippen molar-refractivity contribution in [2.24, 2.45) is 0 Å². The topological polar surface area (TPSA) is 32.9 Å².